The van der Waals surface area contributed by atoms with Crippen LogP contribution in [-0.2, 0) is 4.74 Å². The van der Waals surface area contributed by atoms with Crippen molar-refractivity contribution in [1.29, 1.82) is 0 Å². The fourth-order valence-corrected chi connectivity index (χ4v) is 4.53. The zero-order valence-corrected chi connectivity index (χ0v) is 18.4. The van der Waals surface area contributed by atoms with Crippen molar-refractivity contribution in [3.05, 3.63) is 41.7 Å². The summed E-state index contributed by atoms with van der Waals surface area (Å²) in [6, 6.07) is 3.84. The maximum atomic E-state index is 14.2. The van der Waals surface area contributed by atoms with Gasteiger partial charge in [-0.25, -0.2) is 13.8 Å². The maximum Gasteiger partial charge on any atom is 0.280 e. The molecule has 0 atom stereocenters. The van der Waals surface area contributed by atoms with Gasteiger partial charge in [-0.05, 0) is 32.4 Å². The Labute approximate surface area is 183 Å². The normalized spacial score (nSPS) is 15.1. The number of anilines is 1. The topological polar surface area (TPSA) is 63.5 Å². The molecule has 166 valence electrons. The Hall–Kier alpha value is -2.43. The zero-order chi connectivity index (χ0) is 22.0. The molecule has 0 aliphatic carbocycles. The maximum absolute atomic E-state index is 14.2. The summed E-state index contributed by atoms with van der Waals surface area (Å²) in [6.45, 7) is 8.29. The van der Waals surface area contributed by atoms with Gasteiger partial charge in [-0.15, -0.1) is 0 Å². The molecule has 0 bridgehead atoms. The molecule has 1 aromatic carbocycles. The molecular weight excluding hydrogens is 424 g/mol. The number of aromatic nitrogens is 3. The molecule has 0 unspecified atom stereocenters. The average Bonchev–Trinajstić information content (AvgIpc) is 3.39. The summed E-state index contributed by atoms with van der Waals surface area (Å²) >= 11 is 1.10. The fourth-order valence-electron chi connectivity index (χ4n) is 3.50. The lowest BCUT2D eigenvalue weighted by Crippen LogP contribution is -2.39. The third-order valence-electron chi connectivity index (χ3n) is 5.19. The van der Waals surface area contributed by atoms with Crippen LogP contribution in [0.3, 0.4) is 0 Å². The van der Waals surface area contributed by atoms with E-state index in [4.69, 9.17) is 4.74 Å². The lowest BCUT2D eigenvalue weighted by molar-refractivity contribution is 0.0376. The van der Waals surface area contributed by atoms with E-state index in [1.807, 2.05) is 13.8 Å². The molecule has 1 amide bonds. The highest BCUT2D eigenvalue weighted by molar-refractivity contribution is 7.22. The van der Waals surface area contributed by atoms with Crippen LogP contribution in [0.1, 0.15) is 36.8 Å². The minimum Gasteiger partial charge on any atom is -0.379 e. The molecule has 3 heterocycles. The van der Waals surface area contributed by atoms with Crippen molar-refractivity contribution in [1.82, 2.24) is 19.7 Å². The lowest BCUT2D eigenvalue weighted by Gasteiger charge is -2.27. The summed E-state index contributed by atoms with van der Waals surface area (Å²) in [5, 5.41) is 4.72. The van der Waals surface area contributed by atoms with E-state index in [1.165, 1.54) is 11.0 Å². The van der Waals surface area contributed by atoms with Crippen molar-refractivity contribution >= 4 is 32.6 Å². The summed E-state index contributed by atoms with van der Waals surface area (Å²) in [7, 11) is 0. The van der Waals surface area contributed by atoms with Crippen molar-refractivity contribution in [2.24, 2.45) is 0 Å². The molecular formula is C21H25F2N5O2S. The largest absolute Gasteiger partial charge is 0.379 e. The van der Waals surface area contributed by atoms with Gasteiger partial charge in [-0.3, -0.25) is 19.3 Å². The van der Waals surface area contributed by atoms with Gasteiger partial charge in [0.25, 0.3) is 5.91 Å². The van der Waals surface area contributed by atoms with Crippen LogP contribution in [0.5, 0.6) is 0 Å². The SMILES string of the molecule is CC(C)n1ccc(C(=O)N(CCCN2CCOCC2)c2nc3c(F)cc(F)cc3s2)n1. The molecule has 0 radical (unpaired) electrons. The molecule has 7 nitrogen and oxygen atoms in total. The molecule has 1 aliphatic heterocycles. The molecule has 1 aliphatic rings. The number of rotatable bonds is 7. The Kier molecular flexibility index (Phi) is 6.59. The van der Waals surface area contributed by atoms with E-state index in [0.29, 0.717) is 41.7 Å². The van der Waals surface area contributed by atoms with Crippen molar-refractivity contribution < 1.29 is 18.3 Å². The van der Waals surface area contributed by atoms with E-state index in [0.717, 1.165) is 37.0 Å². The zero-order valence-electron chi connectivity index (χ0n) is 17.6. The summed E-state index contributed by atoms with van der Waals surface area (Å²) in [4.78, 5) is 21.4. The minimum absolute atomic E-state index is 0.0695. The third kappa shape index (κ3) is 4.91. The highest BCUT2D eigenvalue weighted by Crippen LogP contribution is 2.32. The summed E-state index contributed by atoms with van der Waals surface area (Å²) in [5.41, 5.74) is 0.367. The van der Waals surface area contributed by atoms with E-state index in [-0.39, 0.29) is 17.5 Å². The number of halogens is 2. The fraction of sp³-hybridized carbons (Fsp3) is 0.476. The van der Waals surface area contributed by atoms with Gasteiger partial charge in [0.05, 0.1) is 17.9 Å². The highest BCUT2D eigenvalue weighted by Gasteiger charge is 2.25. The number of nitrogens with zero attached hydrogens (tertiary/aromatic N) is 5. The van der Waals surface area contributed by atoms with Crippen molar-refractivity contribution in [3.8, 4) is 0 Å². The monoisotopic (exact) mass is 449 g/mol. The molecule has 10 heteroatoms. The molecule has 2 aromatic heterocycles. The van der Waals surface area contributed by atoms with Gasteiger partial charge in [0.15, 0.2) is 16.6 Å². The lowest BCUT2D eigenvalue weighted by atomic mass is 10.3. The summed E-state index contributed by atoms with van der Waals surface area (Å²) in [6.07, 6.45) is 2.47. The molecule has 1 fully saturated rings. The third-order valence-corrected chi connectivity index (χ3v) is 6.22. The Balaban J connectivity index is 1.59. The first-order valence-electron chi connectivity index (χ1n) is 10.3. The number of hydrogen-bond acceptors (Lipinski definition) is 6. The van der Waals surface area contributed by atoms with Crippen LogP contribution >= 0.6 is 11.3 Å². The van der Waals surface area contributed by atoms with Crippen LogP contribution in [0.25, 0.3) is 10.2 Å². The number of carbonyl (C=O) groups is 1. The van der Waals surface area contributed by atoms with Gasteiger partial charge in [0.2, 0.25) is 0 Å². The standard InChI is InChI=1S/C21H25F2N5O2S/c1-14(2)28-7-4-17(25-28)20(29)27(6-3-5-26-8-10-30-11-9-26)21-24-19-16(23)12-15(22)13-18(19)31-21/h4,7,12-14H,3,5-6,8-11H2,1-2H3. The first-order valence-corrected chi connectivity index (χ1v) is 11.2. The van der Waals surface area contributed by atoms with Gasteiger partial charge in [-0.1, -0.05) is 11.3 Å². The van der Waals surface area contributed by atoms with E-state index < -0.39 is 11.6 Å². The van der Waals surface area contributed by atoms with Crippen molar-refractivity contribution in [2.45, 2.75) is 26.3 Å². The van der Waals surface area contributed by atoms with Gasteiger partial charge < -0.3 is 4.74 Å². The van der Waals surface area contributed by atoms with E-state index >= 15 is 0 Å². The number of ether oxygens (including phenoxy) is 1. The number of benzene rings is 1. The van der Waals surface area contributed by atoms with Crippen LogP contribution in [0, 0.1) is 11.6 Å². The molecule has 4 rings (SSSR count). The molecule has 31 heavy (non-hydrogen) atoms. The van der Waals surface area contributed by atoms with E-state index in [9.17, 15) is 13.6 Å². The van der Waals surface area contributed by atoms with Crippen LogP contribution in [-0.4, -0.2) is 65.0 Å². The molecule has 0 saturated carbocycles. The van der Waals surface area contributed by atoms with Gasteiger partial charge >= 0.3 is 0 Å². The number of fused-ring (bicyclic) bond motifs is 1. The van der Waals surface area contributed by atoms with Crippen LogP contribution in [0.2, 0.25) is 0 Å². The second-order valence-corrected chi connectivity index (χ2v) is 8.78. The highest BCUT2D eigenvalue weighted by atomic mass is 32.1. The molecule has 1 saturated heterocycles. The Morgan fingerprint density at radius 1 is 1.29 bits per heavy atom. The van der Waals surface area contributed by atoms with E-state index in [2.05, 4.69) is 15.0 Å². The van der Waals surface area contributed by atoms with Gasteiger partial charge in [-0.2, -0.15) is 5.10 Å². The molecule has 0 spiro atoms. The Morgan fingerprint density at radius 3 is 2.77 bits per heavy atom. The number of carbonyl (C=O) groups excluding carboxylic acids is 1. The summed E-state index contributed by atoms with van der Waals surface area (Å²) in [5.74, 6) is -1.70. The Morgan fingerprint density at radius 2 is 2.06 bits per heavy atom. The van der Waals surface area contributed by atoms with Crippen LogP contribution < -0.4 is 4.90 Å². The average molecular weight is 450 g/mol. The predicted molar refractivity (Wildman–Crippen MR) is 116 cm³/mol. The van der Waals surface area contributed by atoms with Crippen LogP contribution in [0.15, 0.2) is 24.4 Å². The second kappa shape index (κ2) is 9.37. The summed E-state index contributed by atoms with van der Waals surface area (Å²) < 4.78 is 35.3. The molecule has 3 aromatic rings. The van der Waals surface area contributed by atoms with Crippen molar-refractivity contribution in [3.63, 3.8) is 0 Å². The molecule has 0 N–H and O–H groups in total. The predicted octanol–water partition coefficient (Wildman–Crippen LogP) is 3.72. The number of morpholine rings is 1. The number of hydrogen-bond donors (Lipinski definition) is 0. The smallest absolute Gasteiger partial charge is 0.280 e. The van der Waals surface area contributed by atoms with Gasteiger partial charge in [0.1, 0.15) is 11.3 Å². The first-order chi connectivity index (χ1) is 14.9. The van der Waals surface area contributed by atoms with E-state index in [1.54, 1.807) is 16.9 Å². The first kappa shape index (κ1) is 21.8. The number of thiazole rings is 1. The minimum atomic E-state index is -0.734. The second-order valence-electron chi connectivity index (χ2n) is 7.77. The van der Waals surface area contributed by atoms with Gasteiger partial charge in [0, 0.05) is 44.5 Å². The Bertz CT molecular complexity index is 1060. The van der Waals surface area contributed by atoms with Crippen molar-refractivity contribution in [2.75, 3.05) is 44.3 Å². The van der Waals surface area contributed by atoms with Crippen LogP contribution in [0.4, 0.5) is 13.9 Å². The number of amides is 1. The quantitative estimate of drug-likeness (QED) is 0.550.